The second-order valence-corrected chi connectivity index (χ2v) is 10.3. The summed E-state index contributed by atoms with van der Waals surface area (Å²) in [6, 6.07) is 9.20. The molecule has 1 unspecified atom stereocenters. The zero-order valence-corrected chi connectivity index (χ0v) is 23.6. The number of ether oxygens (including phenoxy) is 3. The Morgan fingerprint density at radius 1 is 1.34 bits per heavy atom. The van der Waals surface area contributed by atoms with E-state index < -0.39 is 17.6 Å². The number of fused-ring (bicyclic) bond motifs is 1. The van der Waals surface area contributed by atoms with E-state index in [1.54, 1.807) is 38.1 Å². The predicted octanol–water partition coefficient (Wildman–Crippen LogP) is 3.83. The molecule has 0 radical (unpaired) electrons. The first-order valence-electron chi connectivity index (χ1n) is 11.3. The lowest BCUT2D eigenvalue weighted by Crippen LogP contribution is -2.40. The van der Waals surface area contributed by atoms with Gasteiger partial charge in [0.2, 0.25) is 0 Å². The van der Waals surface area contributed by atoms with Crippen molar-refractivity contribution in [1.82, 2.24) is 4.57 Å². The number of carbonyl (C=O) groups excluding carboxylic acids is 1. The molecule has 0 bridgehead atoms. The summed E-state index contributed by atoms with van der Waals surface area (Å²) in [7, 11) is 1.37. The summed E-state index contributed by atoms with van der Waals surface area (Å²) in [4.78, 5) is 31.8. The molecule has 0 aliphatic carbocycles. The van der Waals surface area contributed by atoms with Gasteiger partial charge in [-0.25, -0.2) is 9.79 Å². The van der Waals surface area contributed by atoms with Gasteiger partial charge < -0.3 is 19.3 Å². The van der Waals surface area contributed by atoms with Crippen molar-refractivity contribution in [2.75, 3.05) is 20.3 Å². The molecule has 12 heteroatoms. The molecule has 1 atom stereocenters. The fourth-order valence-corrected chi connectivity index (χ4v) is 5.66. The maximum Gasteiger partial charge on any atom is 0.338 e. The van der Waals surface area contributed by atoms with Gasteiger partial charge in [-0.2, -0.15) is 5.26 Å². The molecule has 1 aliphatic rings. The van der Waals surface area contributed by atoms with E-state index >= 15 is 0 Å². The number of hydrogen-bond donors (Lipinski definition) is 1. The average Bonchev–Trinajstić information content (AvgIpc) is 3.18. The molecule has 0 amide bonds. The summed E-state index contributed by atoms with van der Waals surface area (Å²) in [5.41, 5.74) is 1.13. The number of phenols is 1. The number of aromatic hydroxyl groups is 1. The molecule has 0 spiro atoms. The monoisotopic (exact) mass is 617 g/mol. The highest BCUT2D eigenvalue weighted by atomic mass is 79.9. The maximum atomic E-state index is 13.8. The lowest BCUT2D eigenvalue weighted by Gasteiger charge is -2.25. The molecular formula is C26H21BrClN3O6S. The van der Waals surface area contributed by atoms with Crippen LogP contribution in [0.5, 0.6) is 17.2 Å². The Morgan fingerprint density at radius 2 is 2.11 bits per heavy atom. The number of allylic oxidation sites excluding steroid dienone is 1. The topological polar surface area (TPSA) is 123 Å². The SMILES string of the molecule is CCOC(=O)C1=C(C)N=c2sc(=Cc3cc(Br)ccc3OCC#N)c(=O)n2C1c1cc(Cl)c(O)c(OC)c1. The van der Waals surface area contributed by atoms with Gasteiger partial charge in [-0.15, -0.1) is 0 Å². The number of rotatable bonds is 7. The number of thiazole rings is 1. The van der Waals surface area contributed by atoms with Crippen LogP contribution in [0.4, 0.5) is 0 Å². The Bertz CT molecular complexity index is 1690. The second kappa shape index (κ2) is 11.4. The van der Waals surface area contributed by atoms with Crippen molar-refractivity contribution in [3.05, 3.63) is 81.9 Å². The van der Waals surface area contributed by atoms with Crippen molar-refractivity contribution in [2.24, 2.45) is 4.99 Å². The molecule has 9 nitrogen and oxygen atoms in total. The summed E-state index contributed by atoms with van der Waals surface area (Å²) in [6.45, 7) is 3.32. The number of benzene rings is 2. The quantitative estimate of drug-likeness (QED) is 0.399. The minimum atomic E-state index is -0.948. The molecule has 2 aromatic carbocycles. The second-order valence-electron chi connectivity index (χ2n) is 7.98. The van der Waals surface area contributed by atoms with Crippen LogP contribution in [-0.4, -0.2) is 36.0 Å². The van der Waals surface area contributed by atoms with Crippen molar-refractivity contribution < 1.29 is 24.1 Å². The van der Waals surface area contributed by atoms with Gasteiger partial charge in [-0.05, 0) is 55.8 Å². The predicted molar refractivity (Wildman–Crippen MR) is 145 cm³/mol. The van der Waals surface area contributed by atoms with E-state index in [1.165, 1.54) is 23.8 Å². The zero-order valence-electron chi connectivity index (χ0n) is 20.4. The normalized spacial score (nSPS) is 14.9. The van der Waals surface area contributed by atoms with Crippen LogP contribution in [0.3, 0.4) is 0 Å². The smallest absolute Gasteiger partial charge is 0.338 e. The van der Waals surface area contributed by atoms with Crippen molar-refractivity contribution in [3.8, 4) is 23.3 Å². The van der Waals surface area contributed by atoms with Crippen LogP contribution >= 0.6 is 38.9 Å². The molecule has 196 valence electrons. The van der Waals surface area contributed by atoms with E-state index in [1.807, 2.05) is 6.07 Å². The highest BCUT2D eigenvalue weighted by Gasteiger charge is 2.34. The van der Waals surface area contributed by atoms with Crippen LogP contribution < -0.4 is 24.4 Å². The molecule has 0 fully saturated rings. The van der Waals surface area contributed by atoms with Gasteiger partial charge in [0.05, 0.1) is 40.6 Å². The molecule has 0 saturated carbocycles. The number of carbonyl (C=O) groups is 1. The molecule has 38 heavy (non-hydrogen) atoms. The summed E-state index contributed by atoms with van der Waals surface area (Å²) in [5, 5.41) is 19.2. The minimum absolute atomic E-state index is 0.00671. The number of nitriles is 1. The van der Waals surface area contributed by atoms with Crippen LogP contribution in [0.15, 0.2) is 55.9 Å². The largest absolute Gasteiger partial charge is 0.503 e. The molecule has 0 saturated heterocycles. The Kier molecular flexibility index (Phi) is 8.26. The van der Waals surface area contributed by atoms with Crippen LogP contribution in [0, 0.1) is 11.3 Å². The summed E-state index contributed by atoms with van der Waals surface area (Å²) in [6.07, 6.45) is 1.64. The average molecular weight is 619 g/mol. The van der Waals surface area contributed by atoms with Gasteiger partial charge in [0.15, 0.2) is 22.9 Å². The first-order valence-corrected chi connectivity index (χ1v) is 13.2. The van der Waals surface area contributed by atoms with Crippen molar-refractivity contribution in [1.29, 1.82) is 5.26 Å². The number of nitrogens with zero attached hydrogens (tertiary/aromatic N) is 3. The van der Waals surface area contributed by atoms with Crippen molar-refractivity contribution in [3.63, 3.8) is 0 Å². The van der Waals surface area contributed by atoms with Crippen molar-refractivity contribution >= 4 is 50.9 Å². The van der Waals surface area contributed by atoms with Crippen LogP contribution in [-0.2, 0) is 9.53 Å². The van der Waals surface area contributed by atoms with Crippen molar-refractivity contribution in [2.45, 2.75) is 19.9 Å². The molecule has 3 aromatic rings. The fraction of sp³-hybridized carbons (Fsp3) is 0.231. The van der Waals surface area contributed by atoms with Gasteiger partial charge in [-0.1, -0.05) is 38.9 Å². The highest BCUT2D eigenvalue weighted by molar-refractivity contribution is 9.10. The summed E-state index contributed by atoms with van der Waals surface area (Å²) in [5.74, 6) is -0.380. The fourth-order valence-electron chi connectivity index (χ4n) is 4.03. The third-order valence-corrected chi connectivity index (χ3v) is 7.42. The highest BCUT2D eigenvalue weighted by Crippen LogP contribution is 2.40. The minimum Gasteiger partial charge on any atom is -0.503 e. The van der Waals surface area contributed by atoms with Crippen LogP contribution in [0.1, 0.15) is 31.0 Å². The van der Waals surface area contributed by atoms with E-state index in [4.69, 9.17) is 31.1 Å². The standard InChI is InChI=1S/C26H21BrClN3O6S/c1-4-36-25(34)21-13(2)30-26-31(22(21)15-10-17(28)23(32)19(11-15)35-3)24(33)20(38-26)12-14-9-16(27)5-6-18(14)37-8-7-29/h5-6,9-12,22,32H,4,8H2,1-3H3. The third kappa shape index (κ3) is 5.20. The van der Waals surface area contributed by atoms with Crippen LogP contribution in [0.25, 0.3) is 6.08 Å². The number of aromatic nitrogens is 1. The number of esters is 1. The molecule has 1 N–H and O–H groups in total. The lowest BCUT2D eigenvalue weighted by molar-refractivity contribution is -0.139. The third-order valence-electron chi connectivity index (χ3n) is 5.65. The van der Waals surface area contributed by atoms with Gasteiger partial charge in [0.25, 0.3) is 5.56 Å². The summed E-state index contributed by atoms with van der Waals surface area (Å²) >= 11 is 10.8. The van der Waals surface area contributed by atoms with Gasteiger partial charge in [0.1, 0.15) is 11.8 Å². The molecule has 2 heterocycles. The van der Waals surface area contributed by atoms with E-state index in [-0.39, 0.29) is 35.3 Å². The Morgan fingerprint density at radius 3 is 2.79 bits per heavy atom. The Balaban J connectivity index is 1.99. The summed E-state index contributed by atoms with van der Waals surface area (Å²) < 4.78 is 18.6. The first kappa shape index (κ1) is 27.4. The van der Waals surface area contributed by atoms with E-state index in [0.29, 0.717) is 31.9 Å². The Labute approximate surface area is 234 Å². The number of phenolic OH excluding ortho intramolecular Hbond substituents is 1. The van der Waals surface area contributed by atoms with E-state index in [2.05, 4.69) is 20.9 Å². The zero-order chi connectivity index (χ0) is 27.6. The van der Waals surface area contributed by atoms with Crippen LogP contribution in [0.2, 0.25) is 5.02 Å². The first-order chi connectivity index (χ1) is 18.2. The van der Waals surface area contributed by atoms with E-state index in [0.717, 1.165) is 15.8 Å². The number of halogens is 2. The number of methoxy groups -OCH3 is 1. The molecule has 1 aliphatic heterocycles. The van der Waals surface area contributed by atoms with Gasteiger partial charge >= 0.3 is 5.97 Å². The molecule has 4 rings (SSSR count). The van der Waals surface area contributed by atoms with Gasteiger partial charge in [-0.3, -0.25) is 9.36 Å². The maximum absolute atomic E-state index is 13.8. The van der Waals surface area contributed by atoms with E-state index in [9.17, 15) is 14.7 Å². The lowest BCUT2D eigenvalue weighted by atomic mass is 9.95. The molecular weight excluding hydrogens is 598 g/mol. The Hall–Kier alpha value is -3.59. The van der Waals surface area contributed by atoms with Gasteiger partial charge in [0, 0.05) is 10.0 Å². The molecule has 1 aromatic heterocycles. The number of hydrogen-bond acceptors (Lipinski definition) is 9.